The van der Waals surface area contributed by atoms with Gasteiger partial charge < -0.3 is 10.2 Å². The van der Waals surface area contributed by atoms with Gasteiger partial charge in [-0.25, -0.2) is 9.18 Å². The molecule has 0 spiro atoms. The summed E-state index contributed by atoms with van der Waals surface area (Å²) < 4.78 is 13.4. The maximum absolute atomic E-state index is 13.4. The number of benzene rings is 1. The molecule has 0 saturated heterocycles. The summed E-state index contributed by atoms with van der Waals surface area (Å²) in [5.74, 6) is -2.31. The molecule has 4 heteroatoms. The zero-order chi connectivity index (χ0) is 12.3. The Morgan fingerprint density at radius 2 is 2.19 bits per heavy atom. The summed E-state index contributed by atoms with van der Waals surface area (Å²) in [5, 5.41) is 18.5. The van der Waals surface area contributed by atoms with E-state index in [1.54, 1.807) is 19.1 Å². The molecule has 0 heterocycles. The third-order valence-corrected chi connectivity index (χ3v) is 2.41. The maximum Gasteiger partial charge on any atom is 0.339 e. The highest BCUT2D eigenvalue weighted by molar-refractivity contribution is 5.91. The smallest absolute Gasteiger partial charge is 0.339 e. The highest BCUT2D eigenvalue weighted by atomic mass is 19.1. The summed E-state index contributed by atoms with van der Waals surface area (Å²) >= 11 is 0. The van der Waals surface area contributed by atoms with E-state index in [1.165, 1.54) is 6.92 Å². The first-order chi connectivity index (χ1) is 7.49. The molecule has 2 N–H and O–H groups in total. The van der Waals surface area contributed by atoms with Crippen LogP contribution in [0.2, 0.25) is 0 Å². The first-order valence-corrected chi connectivity index (χ1v) is 4.84. The molecular formula is C12H13FO3. The number of allylic oxidation sites excluding steroid dienone is 2. The van der Waals surface area contributed by atoms with Gasteiger partial charge in [-0.1, -0.05) is 12.2 Å². The minimum Gasteiger partial charge on any atom is -0.507 e. The Labute approximate surface area is 92.8 Å². The molecule has 0 aliphatic carbocycles. The summed E-state index contributed by atoms with van der Waals surface area (Å²) in [5.41, 5.74) is 0.193. The fourth-order valence-electron chi connectivity index (χ4n) is 1.44. The molecule has 86 valence electrons. The van der Waals surface area contributed by atoms with Crippen molar-refractivity contribution in [2.75, 3.05) is 0 Å². The Morgan fingerprint density at radius 1 is 1.56 bits per heavy atom. The summed E-state index contributed by atoms with van der Waals surface area (Å²) in [4.78, 5) is 10.8. The van der Waals surface area contributed by atoms with Crippen LogP contribution >= 0.6 is 0 Å². The molecular weight excluding hydrogens is 211 g/mol. The van der Waals surface area contributed by atoms with Crippen LogP contribution in [0.3, 0.4) is 0 Å². The SMILES string of the molecule is CC=CCc1c(C)c(F)cc(C(=O)O)c1O. The van der Waals surface area contributed by atoms with Crippen molar-refractivity contribution in [2.45, 2.75) is 20.3 Å². The predicted molar refractivity (Wildman–Crippen MR) is 58.3 cm³/mol. The molecule has 0 amide bonds. The molecule has 0 radical (unpaired) electrons. The molecule has 0 fully saturated rings. The lowest BCUT2D eigenvalue weighted by molar-refractivity contribution is 0.0693. The Bertz CT molecular complexity index is 450. The van der Waals surface area contributed by atoms with Crippen molar-refractivity contribution in [2.24, 2.45) is 0 Å². The Kier molecular flexibility index (Phi) is 3.66. The monoisotopic (exact) mass is 224 g/mol. The second kappa shape index (κ2) is 4.79. The number of carboxylic acids is 1. The topological polar surface area (TPSA) is 57.5 Å². The molecule has 0 bridgehead atoms. The minimum atomic E-state index is -1.34. The number of hydrogen-bond donors (Lipinski definition) is 2. The molecule has 0 aliphatic rings. The van der Waals surface area contributed by atoms with E-state index in [1.807, 2.05) is 0 Å². The van der Waals surface area contributed by atoms with E-state index in [9.17, 15) is 14.3 Å². The number of halogens is 1. The van der Waals surface area contributed by atoms with E-state index in [0.717, 1.165) is 6.07 Å². The van der Waals surface area contributed by atoms with Gasteiger partial charge in [-0.15, -0.1) is 0 Å². The van der Waals surface area contributed by atoms with Crippen LogP contribution in [0.25, 0.3) is 0 Å². The van der Waals surface area contributed by atoms with Crippen LogP contribution in [0, 0.1) is 12.7 Å². The van der Waals surface area contributed by atoms with Crippen molar-refractivity contribution in [3.8, 4) is 5.75 Å². The molecule has 0 aromatic heterocycles. The number of carboxylic acid groups (broad SMARTS) is 1. The molecule has 1 aromatic rings. The van der Waals surface area contributed by atoms with E-state index < -0.39 is 17.3 Å². The van der Waals surface area contributed by atoms with Gasteiger partial charge in [0, 0.05) is 5.56 Å². The zero-order valence-corrected chi connectivity index (χ0v) is 9.12. The molecule has 0 saturated carbocycles. The number of rotatable bonds is 3. The van der Waals surface area contributed by atoms with Gasteiger partial charge in [0.05, 0.1) is 0 Å². The van der Waals surface area contributed by atoms with Crippen molar-refractivity contribution >= 4 is 5.97 Å². The van der Waals surface area contributed by atoms with Crippen LogP contribution < -0.4 is 0 Å². The number of hydrogen-bond acceptors (Lipinski definition) is 2. The van der Waals surface area contributed by atoms with Gasteiger partial charge in [-0.3, -0.25) is 0 Å². The molecule has 0 aliphatic heterocycles. The standard InChI is InChI=1S/C12H13FO3/c1-3-4-5-8-7(2)10(13)6-9(11(8)14)12(15)16/h3-4,6,14H,5H2,1-2H3,(H,15,16). The van der Waals surface area contributed by atoms with E-state index >= 15 is 0 Å². The quantitative estimate of drug-likeness (QED) is 0.776. The lowest BCUT2D eigenvalue weighted by atomic mass is 9.99. The fourth-order valence-corrected chi connectivity index (χ4v) is 1.44. The van der Waals surface area contributed by atoms with Crippen LogP contribution in [0.4, 0.5) is 4.39 Å². The number of aromatic hydroxyl groups is 1. The van der Waals surface area contributed by atoms with Crippen LogP contribution in [0.5, 0.6) is 5.75 Å². The van der Waals surface area contributed by atoms with Gasteiger partial charge in [0.15, 0.2) is 0 Å². The average molecular weight is 224 g/mol. The van der Waals surface area contributed by atoms with Crippen LogP contribution in [-0.4, -0.2) is 16.2 Å². The number of aromatic carboxylic acids is 1. The summed E-state index contributed by atoms with van der Waals surface area (Å²) in [6, 6.07) is 0.839. The van der Waals surface area contributed by atoms with Gasteiger partial charge in [0.1, 0.15) is 17.1 Å². The lowest BCUT2D eigenvalue weighted by Gasteiger charge is -2.10. The van der Waals surface area contributed by atoms with Gasteiger partial charge in [0.2, 0.25) is 0 Å². The highest BCUT2D eigenvalue weighted by Crippen LogP contribution is 2.28. The van der Waals surface area contributed by atoms with Crippen molar-refractivity contribution in [3.05, 3.63) is 40.7 Å². The minimum absolute atomic E-state index is 0.278. The molecule has 0 unspecified atom stereocenters. The van der Waals surface area contributed by atoms with Crippen molar-refractivity contribution < 1.29 is 19.4 Å². The lowest BCUT2D eigenvalue weighted by Crippen LogP contribution is -2.03. The van der Waals surface area contributed by atoms with Crippen LogP contribution in [-0.2, 0) is 6.42 Å². The van der Waals surface area contributed by atoms with Crippen molar-refractivity contribution in [3.63, 3.8) is 0 Å². The third kappa shape index (κ3) is 2.21. The Hall–Kier alpha value is -1.84. The van der Waals surface area contributed by atoms with Crippen molar-refractivity contribution in [1.82, 2.24) is 0 Å². The first-order valence-electron chi connectivity index (χ1n) is 4.84. The zero-order valence-electron chi connectivity index (χ0n) is 9.12. The van der Waals surface area contributed by atoms with Gasteiger partial charge in [-0.05, 0) is 31.9 Å². The van der Waals surface area contributed by atoms with Gasteiger partial charge in [-0.2, -0.15) is 0 Å². The van der Waals surface area contributed by atoms with E-state index in [-0.39, 0.29) is 11.3 Å². The third-order valence-electron chi connectivity index (χ3n) is 2.41. The number of phenols is 1. The molecule has 16 heavy (non-hydrogen) atoms. The second-order valence-electron chi connectivity index (χ2n) is 3.44. The summed E-state index contributed by atoms with van der Waals surface area (Å²) in [6.07, 6.45) is 3.80. The normalized spacial score (nSPS) is 10.9. The average Bonchev–Trinajstić information content (AvgIpc) is 2.23. The van der Waals surface area contributed by atoms with Crippen molar-refractivity contribution in [1.29, 1.82) is 0 Å². The molecule has 0 atom stereocenters. The predicted octanol–water partition coefficient (Wildman–Crippen LogP) is 2.66. The van der Waals surface area contributed by atoms with Gasteiger partial charge in [0.25, 0.3) is 0 Å². The molecule has 1 aromatic carbocycles. The largest absolute Gasteiger partial charge is 0.507 e. The van der Waals surface area contributed by atoms with E-state index in [2.05, 4.69) is 0 Å². The van der Waals surface area contributed by atoms with Gasteiger partial charge >= 0.3 is 5.97 Å². The maximum atomic E-state index is 13.4. The molecule has 1 rings (SSSR count). The number of carbonyl (C=O) groups is 1. The highest BCUT2D eigenvalue weighted by Gasteiger charge is 2.18. The van der Waals surface area contributed by atoms with E-state index in [4.69, 9.17) is 5.11 Å². The second-order valence-corrected chi connectivity index (χ2v) is 3.44. The van der Waals surface area contributed by atoms with Crippen LogP contribution in [0.15, 0.2) is 18.2 Å². The van der Waals surface area contributed by atoms with Crippen LogP contribution in [0.1, 0.15) is 28.4 Å². The Morgan fingerprint density at radius 3 is 2.69 bits per heavy atom. The summed E-state index contributed by atoms with van der Waals surface area (Å²) in [6.45, 7) is 3.31. The van der Waals surface area contributed by atoms with E-state index in [0.29, 0.717) is 12.0 Å². The Balaban J connectivity index is 3.39. The fraction of sp³-hybridized carbons (Fsp3) is 0.250. The first kappa shape index (κ1) is 12.2. The molecule has 3 nitrogen and oxygen atoms in total. The summed E-state index contributed by atoms with van der Waals surface area (Å²) in [7, 11) is 0.